The molecule has 0 saturated heterocycles. The summed E-state index contributed by atoms with van der Waals surface area (Å²) in [5.74, 6) is 0.865. The fourth-order valence-electron chi connectivity index (χ4n) is 1.06. The Labute approximate surface area is 80.8 Å². The van der Waals surface area contributed by atoms with E-state index in [-0.39, 0.29) is 0 Å². The average molecular weight is 190 g/mol. The van der Waals surface area contributed by atoms with Gasteiger partial charge in [-0.1, -0.05) is 0 Å². The molecule has 2 rings (SSSR count). The summed E-state index contributed by atoms with van der Waals surface area (Å²) in [7, 11) is 1.66. The molecule has 13 heavy (non-hydrogen) atoms. The molecule has 1 radical (unpaired) electrons. The second kappa shape index (κ2) is 3.58. The van der Waals surface area contributed by atoms with Gasteiger partial charge in [-0.15, -0.1) is 11.3 Å². The van der Waals surface area contributed by atoms with Gasteiger partial charge in [-0.25, -0.2) is 4.98 Å². The van der Waals surface area contributed by atoms with E-state index in [9.17, 15) is 0 Å². The van der Waals surface area contributed by atoms with Crippen molar-refractivity contribution in [2.75, 3.05) is 7.11 Å². The summed E-state index contributed by atoms with van der Waals surface area (Å²) in [5.41, 5.74) is 1.10. The molecule has 0 amide bonds. The van der Waals surface area contributed by atoms with Crippen molar-refractivity contribution in [2.45, 2.75) is 0 Å². The van der Waals surface area contributed by atoms with Crippen molar-refractivity contribution in [1.29, 1.82) is 0 Å². The Morgan fingerprint density at radius 3 is 2.62 bits per heavy atom. The molecule has 1 aromatic heterocycles. The first-order valence-corrected chi connectivity index (χ1v) is 4.68. The Kier molecular flexibility index (Phi) is 2.27. The SMILES string of the molecule is COc1ccc(-c2nc[c]s2)cc1. The first-order chi connectivity index (χ1) is 6.40. The van der Waals surface area contributed by atoms with Crippen molar-refractivity contribution in [3.63, 3.8) is 0 Å². The van der Waals surface area contributed by atoms with Crippen LogP contribution >= 0.6 is 11.3 Å². The van der Waals surface area contributed by atoms with Crippen LogP contribution in [0.5, 0.6) is 5.75 Å². The standard InChI is InChI=1S/C10H8NOS/c1-12-9-4-2-8(3-5-9)10-11-6-7-13-10/h2-6H,1H3. The molecule has 0 atom stereocenters. The van der Waals surface area contributed by atoms with E-state index >= 15 is 0 Å². The first-order valence-electron chi connectivity index (χ1n) is 3.86. The number of rotatable bonds is 2. The van der Waals surface area contributed by atoms with Gasteiger partial charge in [0.2, 0.25) is 0 Å². The zero-order valence-electron chi connectivity index (χ0n) is 7.15. The average Bonchev–Trinajstić information content (AvgIpc) is 2.71. The van der Waals surface area contributed by atoms with Gasteiger partial charge < -0.3 is 4.74 Å². The Morgan fingerprint density at radius 2 is 2.08 bits per heavy atom. The van der Waals surface area contributed by atoms with Gasteiger partial charge in [0.05, 0.1) is 12.5 Å². The summed E-state index contributed by atoms with van der Waals surface area (Å²) < 4.78 is 5.06. The largest absolute Gasteiger partial charge is 0.497 e. The molecular formula is C10H8NOS. The van der Waals surface area contributed by atoms with Crippen molar-refractivity contribution in [3.05, 3.63) is 35.8 Å². The minimum absolute atomic E-state index is 0.865. The zero-order chi connectivity index (χ0) is 9.10. The molecule has 3 heteroatoms. The van der Waals surface area contributed by atoms with E-state index in [2.05, 4.69) is 10.4 Å². The summed E-state index contributed by atoms with van der Waals surface area (Å²) in [6.07, 6.45) is 1.68. The lowest BCUT2D eigenvalue weighted by Gasteiger charge is -1.99. The molecule has 0 spiro atoms. The molecule has 0 saturated carbocycles. The third-order valence-electron chi connectivity index (χ3n) is 1.73. The maximum Gasteiger partial charge on any atom is 0.123 e. The highest BCUT2D eigenvalue weighted by atomic mass is 32.1. The monoisotopic (exact) mass is 190 g/mol. The second-order valence-corrected chi connectivity index (χ2v) is 3.34. The van der Waals surface area contributed by atoms with Crippen LogP contribution in [-0.2, 0) is 0 Å². The second-order valence-electron chi connectivity index (χ2n) is 2.51. The maximum absolute atomic E-state index is 5.06. The fraction of sp³-hybridized carbons (Fsp3) is 0.100. The van der Waals surface area contributed by atoms with Crippen molar-refractivity contribution in [2.24, 2.45) is 0 Å². The van der Waals surface area contributed by atoms with Crippen LogP contribution in [0.2, 0.25) is 0 Å². The minimum atomic E-state index is 0.865. The van der Waals surface area contributed by atoms with Gasteiger partial charge in [0.1, 0.15) is 10.8 Å². The van der Waals surface area contributed by atoms with Crippen LogP contribution < -0.4 is 4.74 Å². The lowest BCUT2D eigenvalue weighted by atomic mass is 10.2. The maximum atomic E-state index is 5.06. The number of aromatic nitrogens is 1. The summed E-state index contributed by atoms with van der Waals surface area (Å²) in [5, 5.41) is 3.94. The highest BCUT2D eigenvalue weighted by molar-refractivity contribution is 7.12. The predicted octanol–water partition coefficient (Wildman–Crippen LogP) is 2.62. The normalized spacial score (nSPS) is 9.92. The summed E-state index contributed by atoms with van der Waals surface area (Å²) in [6.45, 7) is 0. The highest BCUT2D eigenvalue weighted by Crippen LogP contribution is 2.23. The van der Waals surface area contributed by atoms with Gasteiger partial charge in [0, 0.05) is 11.8 Å². The van der Waals surface area contributed by atoms with Crippen LogP contribution in [0.3, 0.4) is 0 Å². The van der Waals surface area contributed by atoms with Gasteiger partial charge in [-0.2, -0.15) is 0 Å². The minimum Gasteiger partial charge on any atom is -0.497 e. The third kappa shape index (κ3) is 1.70. The number of hydrogen-bond donors (Lipinski definition) is 0. The van der Waals surface area contributed by atoms with E-state index in [1.165, 1.54) is 11.3 Å². The topological polar surface area (TPSA) is 22.1 Å². The molecule has 1 aromatic carbocycles. The Bertz CT molecular complexity index is 366. The molecule has 0 unspecified atom stereocenters. The van der Waals surface area contributed by atoms with Crippen molar-refractivity contribution >= 4 is 11.3 Å². The quantitative estimate of drug-likeness (QED) is 0.726. The summed E-state index contributed by atoms with van der Waals surface area (Å²) >= 11 is 1.51. The van der Waals surface area contributed by atoms with E-state index < -0.39 is 0 Å². The highest BCUT2D eigenvalue weighted by Gasteiger charge is 1.99. The van der Waals surface area contributed by atoms with Crippen molar-refractivity contribution < 1.29 is 4.74 Å². The fourth-order valence-corrected chi connectivity index (χ4v) is 1.64. The molecule has 1 heterocycles. The first kappa shape index (κ1) is 8.26. The van der Waals surface area contributed by atoms with Crippen LogP contribution in [0.4, 0.5) is 0 Å². The molecule has 0 N–H and O–H groups in total. The number of ether oxygens (including phenoxy) is 1. The van der Waals surface area contributed by atoms with Gasteiger partial charge in [0.15, 0.2) is 0 Å². The summed E-state index contributed by atoms with van der Waals surface area (Å²) in [4.78, 5) is 4.16. The van der Waals surface area contributed by atoms with Crippen LogP contribution in [0, 0.1) is 5.38 Å². The van der Waals surface area contributed by atoms with Crippen molar-refractivity contribution in [3.8, 4) is 16.3 Å². The molecule has 0 fully saturated rings. The number of methoxy groups -OCH3 is 1. The van der Waals surface area contributed by atoms with E-state index in [1.54, 1.807) is 13.3 Å². The Balaban J connectivity index is 2.33. The predicted molar refractivity (Wildman–Crippen MR) is 52.9 cm³/mol. The molecular weight excluding hydrogens is 182 g/mol. The van der Waals surface area contributed by atoms with Gasteiger partial charge in [-0.05, 0) is 24.3 Å². The van der Waals surface area contributed by atoms with E-state index in [1.807, 2.05) is 24.3 Å². The molecule has 2 nitrogen and oxygen atoms in total. The molecule has 0 bridgehead atoms. The van der Waals surface area contributed by atoms with E-state index in [4.69, 9.17) is 4.74 Å². The molecule has 2 aromatic rings. The van der Waals surface area contributed by atoms with Crippen LogP contribution in [0.25, 0.3) is 10.6 Å². The Morgan fingerprint density at radius 1 is 1.31 bits per heavy atom. The van der Waals surface area contributed by atoms with Crippen LogP contribution in [-0.4, -0.2) is 12.1 Å². The number of hydrogen-bond acceptors (Lipinski definition) is 3. The number of benzene rings is 1. The lowest BCUT2D eigenvalue weighted by molar-refractivity contribution is 0.415. The van der Waals surface area contributed by atoms with E-state index in [0.717, 1.165) is 16.3 Å². The number of thiazole rings is 1. The number of nitrogens with zero attached hydrogens (tertiary/aromatic N) is 1. The molecule has 0 aliphatic rings. The third-order valence-corrected chi connectivity index (χ3v) is 2.48. The molecule has 65 valence electrons. The van der Waals surface area contributed by atoms with Crippen molar-refractivity contribution in [1.82, 2.24) is 4.98 Å². The van der Waals surface area contributed by atoms with Crippen LogP contribution in [0.15, 0.2) is 30.5 Å². The summed E-state index contributed by atoms with van der Waals surface area (Å²) in [6, 6.07) is 7.84. The van der Waals surface area contributed by atoms with E-state index in [0.29, 0.717) is 0 Å². The molecule has 0 aliphatic heterocycles. The van der Waals surface area contributed by atoms with Gasteiger partial charge in [0.25, 0.3) is 0 Å². The van der Waals surface area contributed by atoms with Crippen LogP contribution in [0.1, 0.15) is 0 Å². The lowest BCUT2D eigenvalue weighted by Crippen LogP contribution is -1.81. The molecule has 0 aliphatic carbocycles. The Hall–Kier alpha value is -1.35. The van der Waals surface area contributed by atoms with Gasteiger partial charge >= 0.3 is 0 Å². The zero-order valence-corrected chi connectivity index (χ0v) is 7.97. The van der Waals surface area contributed by atoms with Gasteiger partial charge in [-0.3, -0.25) is 0 Å². The smallest absolute Gasteiger partial charge is 0.123 e.